The van der Waals surface area contributed by atoms with Crippen molar-refractivity contribution in [1.29, 1.82) is 0 Å². The SMILES string of the molecule is NCC#Cc1ccsc1CN1CCN(c2nccs2)CC1. The molecule has 1 aliphatic heterocycles. The van der Waals surface area contributed by atoms with Gasteiger partial charge in [-0.25, -0.2) is 4.98 Å². The van der Waals surface area contributed by atoms with Crippen LogP contribution in [0.25, 0.3) is 0 Å². The van der Waals surface area contributed by atoms with Crippen LogP contribution in [0, 0.1) is 11.8 Å². The van der Waals surface area contributed by atoms with Gasteiger partial charge in [-0.2, -0.15) is 0 Å². The molecular weight excluding hydrogens is 300 g/mol. The Morgan fingerprint density at radius 2 is 2.05 bits per heavy atom. The van der Waals surface area contributed by atoms with E-state index in [1.165, 1.54) is 4.88 Å². The number of piperazine rings is 1. The summed E-state index contributed by atoms with van der Waals surface area (Å²) >= 11 is 3.50. The number of thiophene rings is 1. The lowest BCUT2D eigenvalue weighted by molar-refractivity contribution is 0.252. The first-order valence-corrected chi connectivity index (χ1v) is 8.75. The van der Waals surface area contributed by atoms with E-state index in [1.807, 2.05) is 11.6 Å². The Morgan fingerprint density at radius 1 is 1.19 bits per heavy atom. The maximum Gasteiger partial charge on any atom is 0.185 e. The van der Waals surface area contributed by atoms with Crippen molar-refractivity contribution in [1.82, 2.24) is 9.88 Å². The van der Waals surface area contributed by atoms with Gasteiger partial charge in [0.2, 0.25) is 0 Å². The average Bonchev–Trinajstić information content (AvgIpc) is 3.18. The maximum atomic E-state index is 5.45. The zero-order chi connectivity index (χ0) is 14.5. The van der Waals surface area contributed by atoms with Crippen LogP contribution in [-0.4, -0.2) is 42.6 Å². The summed E-state index contributed by atoms with van der Waals surface area (Å²) in [6.07, 6.45) is 1.88. The number of nitrogens with zero attached hydrogens (tertiary/aromatic N) is 3. The largest absolute Gasteiger partial charge is 0.346 e. The van der Waals surface area contributed by atoms with Gasteiger partial charge < -0.3 is 10.6 Å². The molecule has 0 aliphatic carbocycles. The van der Waals surface area contributed by atoms with Crippen molar-refractivity contribution in [3.63, 3.8) is 0 Å². The van der Waals surface area contributed by atoms with E-state index in [4.69, 9.17) is 5.73 Å². The minimum Gasteiger partial charge on any atom is -0.346 e. The lowest BCUT2D eigenvalue weighted by Crippen LogP contribution is -2.45. The van der Waals surface area contributed by atoms with E-state index in [-0.39, 0.29) is 0 Å². The smallest absolute Gasteiger partial charge is 0.185 e. The van der Waals surface area contributed by atoms with Crippen LogP contribution in [0.4, 0.5) is 5.13 Å². The Kier molecular flexibility index (Phi) is 4.88. The molecule has 0 unspecified atom stereocenters. The van der Waals surface area contributed by atoms with E-state index < -0.39 is 0 Å². The van der Waals surface area contributed by atoms with Crippen molar-refractivity contribution < 1.29 is 0 Å². The summed E-state index contributed by atoms with van der Waals surface area (Å²) in [6.45, 7) is 5.63. The summed E-state index contributed by atoms with van der Waals surface area (Å²) in [5.41, 5.74) is 6.58. The van der Waals surface area contributed by atoms with E-state index in [0.717, 1.165) is 43.4 Å². The van der Waals surface area contributed by atoms with Gasteiger partial charge in [0.15, 0.2) is 5.13 Å². The molecule has 0 aromatic carbocycles. The zero-order valence-electron chi connectivity index (χ0n) is 11.8. The second-order valence-corrected chi connectivity index (χ2v) is 6.71. The Morgan fingerprint density at radius 3 is 2.76 bits per heavy atom. The van der Waals surface area contributed by atoms with Gasteiger partial charge >= 0.3 is 0 Å². The lowest BCUT2D eigenvalue weighted by Gasteiger charge is -2.34. The summed E-state index contributed by atoms with van der Waals surface area (Å²) in [6, 6.07) is 2.09. The molecule has 1 aliphatic rings. The Labute approximate surface area is 133 Å². The van der Waals surface area contributed by atoms with Gasteiger partial charge in [-0.1, -0.05) is 11.8 Å². The van der Waals surface area contributed by atoms with Crippen LogP contribution in [-0.2, 0) is 6.54 Å². The standard InChI is InChI=1S/C15H18N4S2/c16-4-1-2-13-3-10-20-14(13)12-18-6-8-19(9-7-18)15-17-5-11-21-15/h3,5,10-11H,4,6-9,12,16H2. The van der Waals surface area contributed by atoms with E-state index in [9.17, 15) is 0 Å². The molecule has 2 N–H and O–H groups in total. The number of anilines is 1. The third-order valence-corrected chi connectivity index (χ3v) is 5.24. The molecule has 0 spiro atoms. The fraction of sp³-hybridized carbons (Fsp3) is 0.400. The summed E-state index contributed by atoms with van der Waals surface area (Å²) < 4.78 is 0. The first-order valence-electron chi connectivity index (χ1n) is 6.99. The highest BCUT2D eigenvalue weighted by Gasteiger charge is 2.19. The molecule has 2 aromatic rings. The molecule has 0 saturated carbocycles. The Hall–Kier alpha value is -1.39. The molecule has 2 aromatic heterocycles. The van der Waals surface area contributed by atoms with Gasteiger partial charge in [0.25, 0.3) is 0 Å². The molecule has 0 amide bonds. The quantitative estimate of drug-likeness (QED) is 0.877. The molecule has 110 valence electrons. The fourth-order valence-corrected chi connectivity index (χ4v) is 3.96. The van der Waals surface area contributed by atoms with Crippen LogP contribution in [0.3, 0.4) is 0 Å². The van der Waals surface area contributed by atoms with Crippen LogP contribution in [0.2, 0.25) is 0 Å². The van der Waals surface area contributed by atoms with Crippen LogP contribution >= 0.6 is 22.7 Å². The normalized spacial score (nSPS) is 15.8. The van der Waals surface area contributed by atoms with Gasteiger partial charge in [-0.3, -0.25) is 4.90 Å². The van der Waals surface area contributed by atoms with Gasteiger partial charge in [0.1, 0.15) is 0 Å². The first kappa shape index (κ1) is 14.5. The Balaban J connectivity index is 1.57. The predicted molar refractivity (Wildman–Crippen MR) is 89.9 cm³/mol. The summed E-state index contributed by atoms with van der Waals surface area (Å²) in [5, 5.41) is 5.29. The number of hydrogen-bond acceptors (Lipinski definition) is 6. The molecule has 21 heavy (non-hydrogen) atoms. The predicted octanol–water partition coefficient (Wildman–Crippen LogP) is 1.84. The number of hydrogen-bond donors (Lipinski definition) is 1. The highest BCUT2D eigenvalue weighted by Crippen LogP contribution is 2.22. The van der Waals surface area contributed by atoms with Crippen LogP contribution in [0.15, 0.2) is 23.0 Å². The second-order valence-electron chi connectivity index (χ2n) is 4.84. The summed E-state index contributed by atoms with van der Waals surface area (Å²) in [4.78, 5) is 10.6. The van der Waals surface area contributed by atoms with E-state index >= 15 is 0 Å². The second kappa shape index (κ2) is 7.05. The Bertz CT molecular complexity index is 616. The lowest BCUT2D eigenvalue weighted by atomic mass is 10.2. The van der Waals surface area contributed by atoms with E-state index in [2.05, 4.69) is 38.1 Å². The maximum absolute atomic E-state index is 5.45. The summed E-state index contributed by atoms with van der Waals surface area (Å²) in [5.74, 6) is 6.11. The highest BCUT2D eigenvalue weighted by atomic mass is 32.1. The molecule has 3 rings (SSSR count). The number of rotatable bonds is 3. The van der Waals surface area contributed by atoms with Crippen LogP contribution in [0.1, 0.15) is 10.4 Å². The number of aromatic nitrogens is 1. The van der Waals surface area contributed by atoms with Gasteiger partial charge in [0, 0.05) is 54.7 Å². The fourth-order valence-electron chi connectivity index (χ4n) is 2.39. The van der Waals surface area contributed by atoms with Gasteiger partial charge in [-0.15, -0.1) is 22.7 Å². The molecule has 1 saturated heterocycles. The van der Waals surface area contributed by atoms with Crippen molar-refractivity contribution in [3.05, 3.63) is 33.5 Å². The zero-order valence-corrected chi connectivity index (χ0v) is 13.4. The average molecular weight is 318 g/mol. The third kappa shape index (κ3) is 3.63. The third-order valence-electron chi connectivity index (χ3n) is 3.50. The van der Waals surface area contributed by atoms with E-state index in [0.29, 0.717) is 6.54 Å². The van der Waals surface area contributed by atoms with Crippen molar-refractivity contribution >= 4 is 27.8 Å². The summed E-state index contributed by atoms with van der Waals surface area (Å²) in [7, 11) is 0. The van der Waals surface area contributed by atoms with Crippen LogP contribution in [0.5, 0.6) is 0 Å². The van der Waals surface area contributed by atoms with E-state index in [1.54, 1.807) is 22.7 Å². The monoisotopic (exact) mass is 318 g/mol. The molecule has 0 bridgehead atoms. The highest BCUT2D eigenvalue weighted by molar-refractivity contribution is 7.13. The molecule has 3 heterocycles. The number of nitrogens with two attached hydrogens (primary N) is 1. The molecule has 6 heteroatoms. The minimum atomic E-state index is 0.418. The van der Waals surface area contributed by atoms with Crippen molar-refractivity contribution in [3.8, 4) is 11.8 Å². The van der Waals surface area contributed by atoms with Crippen molar-refractivity contribution in [2.75, 3.05) is 37.6 Å². The number of thiazole rings is 1. The first-order chi connectivity index (χ1) is 10.4. The molecule has 0 atom stereocenters. The van der Waals surface area contributed by atoms with Gasteiger partial charge in [0.05, 0.1) is 6.54 Å². The van der Waals surface area contributed by atoms with Crippen molar-refractivity contribution in [2.24, 2.45) is 5.73 Å². The van der Waals surface area contributed by atoms with Crippen molar-refractivity contribution in [2.45, 2.75) is 6.54 Å². The van der Waals surface area contributed by atoms with Crippen LogP contribution < -0.4 is 10.6 Å². The topological polar surface area (TPSA) is 45.4 Å². The molecular formula is C15H18N4S2. The minimum absolute atomic E-state index is 0.418. The molecule has 1 fully saturated rings. The molecule has 4 nitrogen and oxygen atoms in total. The molecule has 0 radical (unpaired) electrons. The van der Waals surface area contributed by atoms with Gasteiger partial charge in [-0.05, 0) is 11.4 Å².